The van der Waals surface area contributed by atoms with E-state index >= 15 is 0 Å². The maximum atomic E-state index is 6.12. The number of piperidine rings is 1. The molecule has 7 heteroatoms. The molecule has 0 saturated carbocycles. The maximum absolute atomic E-state index is 6.12. The summed E-state index contributed by atoms with van der Waals surface area (Å²) in [7, 11) is 5.85. The fourth-order valence-electron chi connectivity index (χ4n) is 3.73. The lowest BCUT2D eigenvalue weighted by atomic mass is 10.1. The highest BCUT2D eigenvalue weighted by atomic mass is 16.5. The molecule has 0 aromatic carbocycles. The van der Waals surface area contributed by atoms with E-state index in [1.165, 1.54) is 12.8 Å². The van der Waals surface area contributed by atoms with Crippen molar-refractivity contribution in [1.29, 1.82) is 0 Å². The van der Waals surface area contributed by atoms with Crippen LogP contribution < -0.4 is 10.2 Å². The maximum Gasteiger partial charge on any atom is 0.193 e. The highest BCUT2D eigenvalue weighted by Gasteiger charge is 2.23. The summed E-state index contributed by atoms with van der Waals surface area (Å²) in [6, 6.07) is 6.10. The van der Waals surface area contributed by atoms with Crippen LogP contribution in [-0.4, -0.2) is 75.5 Å². The third kappa shape index (κ3) is 6.07. The van der Waals surface area contributed by atoms with Crippen LogP contribution in [0.4, 0.5) is 5.82 Å². The molecule has 2 fully saturated rings. The summed E-state index contributed by atoms with van der Waals surface area (Å²) < 4.78 is 11.9. The predicted molar refractivity (Wildman–Crippen MR) is 113 cm³/mol. The molecule has 0 bridgehead atoms. The molecule has 156 valence electrons. The lowest BCUT2D eigenvalue weighted by Crippen LogP contribution is -2.47. The Balaban J connectivity index is 1.41. The number of hydrogen-bond donors (Lipinski definition) is 1. The zero-order valence-corrected chi connectivity index (χ0v) is 17.6. The Kier molecular flexibility index (Phi) is 7.91. The van der Waals surface area contributed by atoms with E-state index in [1.54, 1.807) is 0 Å². The van der Waals surface area contributed by atoms with Crippen LogP contribution in [0.25, 0.3) is 0 Å². The molecule has 3 rings (SSSR count). The van der Waals surface area contributed by atoms with E-state index in [4.69, 9.17) is 9.47 Å². The first-order chi connectivity index (χ1) is 13.7. The summed E-state index contributed by atoms with van der Waals surface area (Å²) in [5, 5.41) is 3.45. The molecule has 28 heavy (non-hydrogen) atoms. The lowest BCUT2D eigenvalue weighted by Gasteiger charge is -2.35. The summed E-state index contributed by atoms with van der Waals surface area (Å²) in [4.78, 5) is 13.5. The highest BCUT2D eigenvalue weighted by molar-refractivity contribution is 5.79. The van der Waals surface area contributed by atoms with E-state index in [9.17, 15) is 0 Å². The first-order valence-corrected chi connectivity index (χ1v) is 10.5. The number of ether oxygens (including phenoxy) is 2. The van der Waals surface area contributed by atoms with Crippen molar-refractivity contribution in [2.75, 3.05) is 52.3 Å². The quantitative estimate of drug-likeness (QED) is 0.595. The molecular formula is C21H35N5O2. The number of anilines is 1. The number of guanidine groups is 1. The van der Waals surface area contributed by atoms with Crippen molar-refractivity contribution in [2.24, 2.45) is 4.99 Å². The second kappa shape index (κ2) is 10.6. The van der Waals surface area contributed by atoms with Crippen molar-refractivity contribution in [3.05, 3.63) is 23.9 Å². The lowest BCUT2D eigenvalue weighted by molar-refractivity contribution is -0.0721. The van der Waals surface area contributed by atoms with Gasteiger partial charge >= 0.3 is 0 Å². The molecule has 0 amide bonds. The summed E-state index contributed by atoms with van der Waals surface area (Å²) in [6.45, 7) is 4.22. The largest absolute Gasteiger partial charge is 0.376 e. The Hall–Kier alpha value is -1.86. The molecule has 1 aromatic rings. The van der Waals surface area contributed by atoms with Gasteiger partial charge in [0.25, 0.3) is 0 Å². The average Bonchev–Trinajstić information content (AvgIpc) is 2.74. The molecule has 2 aliphatic heterocycles. The van der Waals surface area contributed by atoms with E-state index in [1.807, 2.05) is 44.2 Å². The third-order valence-corrected chi connectivity index (χ3v) is 5.42. The summed E-state index contributed by atoms with van der Waals surface area (Å²) >= 11 is 0. The molecule has 1 N–H and O–H groups in total. The van der Waals surface area contributed by atoms with Crippen LogP contribution in [0.5, 0.6) is 0 Å². The summed E-state index contributed by atoms with van der Waals surface area (Å²) in [6.07, 6.45) is 6.28. The Morgan fingerprint density at radius 1 is 1.29 bits per heavy atom. The number of pyridine rings is 1. The predicted octanol–water partition coefficient (Wildman–Crippen LogP) is 2.27. The number of nitrogens with one attached hydrogen (secondary N) is 1. The zero-order valence-electron chi connectivity index (χ0n) is 17.6. The van der Waals surface area contributed by atoms with Gasteiger partial charge in [0.15, 0.2) is 5.96 Å². The smallest absolute Gasteiger partial charge is 0.193 e. The number of aromatic nitrogens is 1. The van der Waals surface area contributed by atoms with Gasteiger partial charge in [0, 0.05) is 40.8 Å². The van der Waals surface area contributed by atoms with E-state index in [-0.39, 0.29) is 0 Å². The number of nitrogens with zero attached hydrogens (tertiary/aromatic N) is 4. The van der Waals surface area contributed by atoms with Gasteiger partial charge in [-0.15, -0.1) is 0 Å². The van der Waals surface area contributed by atoms with E-state index in [2.05, 4.69) is 20.2 Å². The summed E-state index contributed by atoms with van der Waals surface area (Å²) in [5.41, 5.74) is 1.01. The fraction of sp³-hybridized carbons (Fsp3) is 0.714. The molecule has 0 radical (unpaired) electrons. The monoisotopic (exact) mass is 389 g/mol. The van der Waals surface area contributed by atoms with Crippen molar-refractivity contribution < 1.29 is 9.47 Å². The normalized spacial score (nSPS) is 21.6. The molecule has 1 aromatic heterocycles. The van der Waals surface area contributed by atoms with Crippen molar-refractivity contribution in [2.45, 2.75) is 50.9 Å². The Bertz CT molecular complexity index is 623. The molecule has 2 saturated heterocycles. The number of likely N-dealkylation sites (tertiary alicyclic amines) is 1. The first-order valence-electron chi connectivity index (χ1n) is 10.5. The van der Waals surface area contributed by atoms with Crippen LogP contribution in [-0.2, 0) is 16.0 Å². The van der Waals surface area contributed by atoms with Crippen molar-refractivity contribution >= 4 is 11.8 Å². The molecule has 1 atom stereocenters. The Morgan fingerprint density at radius 3 is 2.79 bits per heavy atom. The van der Waals surface area contributed by atoms with Gasteiger partial charge in [-0.25, -0.2) is 4.98 Å². The van der Waals surface area contributed by atoms with Crippen molar-refractivity contribution in [1.82, 2.24) is 15.2 Å². The van der Waals surface area contributed by atoms with Crippen LogP contribution in [0.3, 0.4) is 0 Å². The molecule has 1 unspecified atom stereocenters. The van der Waals surface area contributed by atoms with Crippen molar-refractivity contribution in [3.8, 4) is 0 Å². The molecule has 0 spiro atoms. The standard InChI is InChI=1S/C21H35N5O2/c1-22-21(23-15-17-7-6-9-20(24-17)25(2)3)26-12-10-18(11-13-26)28-16-19-8-4-5-14-27-19/h6-7,9,18-19H,4-5,8,10-16H2,1-3H3,(H,22,23). The fourth-order valence-corrected chi connectivity index (χ4v) is 3.73. The number of rotatable bonds is 6. The number of hydrogen-bond acceptors (Lipinski definition) is 5. The number of aliphatic imine (C=N–C) groups is 1. The zero-order chi connectivity index (χ0) is 19.8. The second-order valence-electron chi connectivity index (χ2n) is 7.79. The van der Waals surface area contributed by atoms with Crippen LogP contribution in [0.2, 0.25) is 0 Å². The van der Waals surface area contributed by atoms with Gasteiger partial charge in [-0.1, -0.05) is 6.07 Å². The Labute approximate surface area is 169 Å². The van der Waals surface area contributed by atoms with Crippen molar-refractivity contribution in [3.63, 3.8) is 0 Å². The van der Waals surface area contributed by atoms with Crippen LogP contribution >= 0.6 is 0 Å². The van der Waals surface area contributed by atoms with Crippen LogP contribution in [0.15, 0.2) is 23.2 Å². The topological polar surface area (TPSA) is 62.2 Å². The first kappa shape index (κ1) is 20.9. The molecule has 0 aliphatic carbocycles. The van der Waals surface area contributed by atoms with E-state index in [0.717, 1.165) is 63.0 Å². The second-order valence-corrected chi connectivity index (χ2v) is 7.79. The van der Waals surface area contributed by atoms with Gasteiger partial charge < -0.3 is 24.6 Å². The van der Waals surface area contributed by atoms with E-state index in [0.29, 0.717) is 18.8 Å². The van der Waals surface area contributed by atoms with E-state index < -0.39 is 0 Å². The molecule has 2 aliphatic rings. The van der Waals surface area contributed by atoms with Gasteiger partial charge in [0.05, 0.1) is 31.1 Å². The highest BCUT2D eigenvalue weighted by Crippen LogP contribution is 2.18. The molecule has 7 nitrogen and oxygen atoms in total. The third-order valence-electron chi connectivity index (χ3n) is 5.42. The summed E-state index contributed by atoms with van der Waals surface area (Å²) in [5.74, 6) is 1.90. The average molecular weight is 390 g/mol. The SMILES string of the molecule is CN=C(NCc1cccc(N(C)C)n1)N1CCC(OCC2CCCCO2)CC1. The van der Waals surface area contributed by atoms with Gasteiger partial charge in [-0.05, 0) is 44.2 Å². The molecular weight excluding hydrogens is 354 g/mol. The Morgan fingerprint density at radius 2 is 2.11 bits per heavy atom. The van der Waals surface area contributed by atoms with Gasteiger partial charge in [0.1, 0.15) is 5.82 Å². The van der Waals surface area contributed by atoms with Gasteiger partial charge in [-0.2, -0.15) is 0 Å². The van der Waals surface area contributed by atoms with Crippen LogP contribution in [0.1, 0.15) is 37.8 Å². The van der Waals surface area contributed by atoms with Gasteiger partial charge in [0.2, 0.25) is 0 Å². The molecule has 3 heterocycles. The minimum absolute atomic E-state index is 0.298. The minimum atomic E-state index is 0.298. The minimum Gasteiger partial charge on any atom is -0.376 e. The van der Waals surface area contributed by atoms with Gasteiger partial charge in [-0.3, -0.25) is 4.99 Å². The van der Waals surface area contributed by atoms with Crippen LogP contribution in [0, 0.1) is 0 Å².